The summed E-state index contributed by atoms with van der Waals surface area (Å²) < 4.78 is 11.5. The van der Waals surface area contributed by atoms with Crippen molar-refractivity contribution in [1.29, 1.82) is 0 Å². The van der Waals surface area contributed by atoms with E-state index in [2.05, 4.69) is 5.32 Å². The lowest BCUT2D eigenvalue weighted by Crippen LogP contribution is -3.11. The molecule has 2 atom stereocenters. The molecule has 156 valence electrons. The standard InChI is InChI=1S/C25H28N2O3/c1-3-29-23-17-11-10-16-22(23)26-25(28)24(20-12-6-4-7-13-20)27(2)18-19-30-21-14-8-5-9-15-21/h4-17,24H,3,18-19H2,1-2H3,(H,26,28)/p+1/t24-/m1/s1. The lowest BCUT2D eigenvalue weighted by molar-refractivity contribution is -0.902. The highest BCUT2D eigenvalue weighted by molar-refractivity contribution is 5.95. The lowest BCUT2D eigenvalue weighted by atomic mass is 10.0. The minimum atomic E-state index is -0.375. The van der Waals surface area contributed by atoms with E-state index in [0.29, 0.717) is 31.2 Å². The van der Waals surface area contributed by atoms with Crippen LogP contribution in [0.1, 0.15) is 18.5 Å². The molecule has 1 unspecified atom stereocenters. The van der Waals surface area contributed by atoms with Crippen LogP contribution in [0.25, 0.3) is 0 Å². The van der Waals surface area contributed by atoms with Gasteiger partial charge < -0.3 is 19.7 Å². The highest BCUT2D eigenvalue weighted by Gasteiger charge is 2.29. The number of likely N-dealkylation sites (N-methyl/N-ethyl adjacent to an activating group) is 1. The Hall–Kier alpha value is -3.31. The van der Waals surface area contributed by atoms with Gasteiger partial charge in [-0.15, -0.1) is 0 Å². The van der Waals surface area contributed by atoms with Crippen molar-refractivity contribution in [3.8, 4) is 11.5 Å². The van der Waals surface area contributed by atoms with E-state index in [1.165, 1.54) is 0 Å². The average Bonchev–Trinajstić information content (AvgIpc) is 2.77. The molecule has 0 bridgehead atoms. The summed E-state index contributed by atoms with van der Waals surface area (Å²) in [6.07, 6.45) is 0. The van der Waals surface area contributed by atoms with Gasteiger partial charge >= 0.3 is 0 Å². The maximum Gasteiger partial charge on any atom is 0.287 e. The van der Waals surface area contributed by atoms with Gasteiger partial charge in [-0.25, -0.2) is 0 Å². The molecule has 0 aliphatic carbocycles. The van der Waals surface area contributed by atoms with Crippen LogP contribution in [-0.4, -0.2) is 32.7 Å². The van der Waals surface area contributed by atoms with Crippen LogP contribution in [0.4, 0.5) is 5.69 Å². The first-order valence-electron chi connectivity index (χ1n) is 10.3. The molecule has 0 aliphatic heterocycles. The number of rotatable bonds is 10. The summed E-state index contributed by atoms with van der Waals surface area (Å²) in [5.74, 6) is 1.42. The highest BCUT2D eigenvalue weighted by atomic mass is 16.5. The summed E-state index contributed by atoms with van der Waals surface area (Å²) in [6.45, 7) is 3.66. The number of carbonyl (C=O) groups is 1. The molecule has 0 radical (unpaired) electrons. The number of ether oxygens (including phenoxy) is 2. The number of quaternary nitrogens is 1. The van der Waals surface area contributed by atoms with Gasteiger partial charge in [-0.3, -0.25) is 4.79 Å². The summed E-state index contributed by atoms with van der Waals surface area (Å²) in [7, 11) is 2.01. The Kier molecular flexibility index (Phi) is 7.86. The van der Waals surface area contributed by atoms with Crippen LogP contribution in [0.3, 0.4) is 0 Å². The van der Waals surface area contributed by atoms with E-state index in [1.54, 1.807) is 0 Å². The molecule has 0 aromatic heterocycles. The van der Waals surface area contributed by atoms with Crippen molar-refractivity contribution in [1.82, 2.24) is 0 Å². The van der Waals surface area contributed by atoms with E-state index in [0.717, 1.165) is 16.2 Å². The van der Waals surface area contributed by atoms with Crippen molar-refractivity contribution in [3.05, 3.63) is 90.5 Å². The zero-order chi connectivity index (χ0) is 21.2. The van der Waals surface area contributed by atoms with Gasteiger partial charge in [0.2, 0.25) is 0 Å². The van der Waals surface area contributed by atoms with Crippen LogP contribution in [0.5, 0.6) is 11.5 Å². The second-order valence-corrected chi connectivity index (χ2v) is 7.02. The number of nitrogens with one attached hydrogen (secondary N) is 2. The Bertz CT molecular complexity index is 916. The smallest absolute Gasteiger partial charge is 0.287 e. The maximum atomic E-state index is 13.3. The van der Waals surface area contributed by atoms with Crippen molar-refractivity contribution in [2.24, 2.45) is 0 Å². The number of benzene rings is 3. The van der Waals surface area contributed by atoms with Crippen molar-refractivity contribution in [3.63, 3.8) is 0 Å². The first-order valence-corrected chi connectivity index (χ1v) is 10.3. The second-order valence-electron chi connectivity index (χ2n) is 7.02. The number of anilines is 1. The fourth-order valence-corrected chi connectivity index (χ4v) is 3.35. The van der Waals surface area contributed by atoms with Crippen molar-refractivity contribution in [2.75, 3.05) is 32.1 Å². The number of para-hydroxylation sites is 3. The van der Waals surface area contributed by atoms with Gasteiger partial charge in [-0.1, -0.05) is 60.7 Å². The monoisotopic (exact) mass is 405 g/mol. The molecule has 1 amide bonds. The molecular weight excluding hydrogens is 376 g/mol. The third-order valence-electron chi connectivity index (χ3n) is 4.84. The summed E-state index contributed by atoms with van der Waals surface area (Å²) in [5, 5.41) is 3.06. The molecule has 0 aliphatic rings. The van der Waals surface area contributed by atoms with E-state index >= 15 is 0 Å². The molecule has 0 saturated heterocycles. The van der Waals surface area contributed by atoms with Crippen molar-refractivity contribution >= 4 is 11.6 Å². The summed E-state index contributed by atoms with van der Waals surface area (Å²) in [5.41, 5.74) is 1.64. The van der Waals surface area contributed by atoms with Gasteiger partial charge in [0.05, 0.1) is 19.3 Å². The predicted molar refractivity (Wildman–Crippen MR) is 119 cm³/mol. The van der Waals surface area contributed by atoms with E-state index in [9.17, 15) is 4.79 Å². The topological polar surface area (TPSA) is 52.0 Å². The summed E-state index contributed by atoms with van der Waals surface area (Å²) >= 11 is 0. The van der Waals surface area contributed by atoms with Crippen LogP contribution in [-0.2, 0) is 4.79 Å². The fraction of sp³-hybridized carbons (Fsp3) is 0.240. The SMILES string of the molecule is CCOc1ccccc1NC(=O)[C@@H](c1ccccc1)[NH+](C)CCOc1ccccc1. The average molecular weight is 406 g/mol. The van der Waals surface area contributed by atoms with E-state index < -0.39 is 0 Å². The van der Waals surface area contributed by atoms with Gasteiger partial charge in [0.15, 0.2) is 6.04 Å². The molecule has 0 spiro atoms. The Morgan fingerprint density at radius 3 is 2.23 bits per heavy atom. The minimum absolute atomic E-state index is 0.0782. The largest absolute Gasteiger partial charge is 0.492 e. The molecule has 3 aromatic rings. The number of amides is 1. The first kappa shape index (κ1) is 21.4. The third kappa shape index (κ3) is 5.84. The Labute approximate surface area is 178 Å². The normalized spacial score (nSPS) is 12.6. The number of carbonyl (C=O) groups excluding carboxylic acids is 1. The molecule has 30 heavy (non-hydrogen) atoms. The zero-order valence-corrected chi connectivity index (χ0v) is 17.5. The fourth-order valence-electron chi connectivity index (χ4n) is 3.35. The quantitative estimate of drug-likeness (QED) is 0.544. The van der Waals surface area contributed by atoms with E-state index in [4.69, 9.17) is 9.47 Å². The van der Waals surface area contributed by atoms with Gasteiger partial charge in [-0.05, 0) is 31.2 Å². The van der Waals surface area contributed by atoms with Crippen LogP contribution in [0.15, 0.2) is 84.9 Å². The predicted octanol–water partition coefficient (Wildman–Crippen LogP) is 3.36. The molecule has 0 fully saturated rings. The summed E-state index contributed by atoms with van der Waals surface area (Å²) in [6, 6.07) is 26.7. The van der Waals surface area contributed by atoms with Crippen LogP contribution < -0.4 is 19.7 Å². The lowest BCUT2D eigenvalue weighted by Gasteiger charge is -2.25. The Balaban J connectivity index is 1.73. The van der Waals surface area contributed by atoms with Crippen LogP contribution in [0, 0.1) is 0 Å². The molecule has 5 heteroatoms. The van der Waals surface area contributed by atoms with Gasteiger partial charge in [0.1, 0.15) is 24.7 Å². The molecular formula is C25H29N2O3+. The molecule has 0 heterocycles. The molecule has 0 saturated carbocycles. The van der Waals surface area contributed by atoms with Gasteiger partial charge in [0, 0.05) is 5.56 Å². The molecule has 5 nitrogen and oxygen atoms in total. The second kappa shape index (κ2) is 11.0. The number of hydrogen-bond donors (Lipinski definition) is 2. The zero-order valence-electron chi connectivity index (χ0n) is 17.5. The number of hydrogen-bond acceptors (Lipinski definition) is 3. The molecule has 3 aromatic carbocycles. The van der Waals surface area contributed by atoms with Crippen molar-refractivity contribution < 1.29 is 19.2 Å². The third-order valence-corrected chi connectivity index (χ3v) is 4.84. The molecule has 3 rings (SSSR count). The van der Waals surface area contributed by atoms with Crippen molar-refractivity contribution in [2.45, 2.75) is 13.0 Å². The minimum Gasteiger partial charge on any atom is -0.492 e. The van der Waals surface area contributed by atoms with E-state index in [1.807, 2.05) is 98.9 Å². The van der Waals surface area contributed by atoms with E-state index in [-0.39, 0.29) is 11.9 Å². The maximum absolute atomic E-state index is 13.3. The van der Waals surface area contributed by atoms with Crippen LogP contribution in [0.2, 0.25) is 0 Å². The highest BCUT2D eigenvalue weighted by Crippen LogP contribution is 2.25. The summed E-state index contributed by atoms with van der Waals surface area (Å²) in [4.78, 5) is 14.4. The van der Waals surface area contributed by atoms with Gasteiger partial charge in [0.25, 0.3) is 5.91 Å². The molecule has 2 N–H and O–H groups in total. The Morgan fingerprint density at radius 2 is 1.53 bits per heavy atom. The first-order chi connectivity index (χ1) is 14.7. The van der Waals surface area contributed by atoms with Crippen LogP contribution >= 0.6 is 0 Å². The van der Waals surface area contributed by atoms with Gasteiger partial charge in [-0.2, -0.15) is 0 Å². The Morgan fingerprint density at radius 1 is 0.900 bits per heavy atom.